The van der Waals surface area contributed by atoms with Gasteiger partial charge in [0.2, 0.25) is 0 Å². The van der Waals surface area contributed by atoms with E-state index in [1.807, 2.05) is 12.1 Å². The molecule has 0 spiro atoms. The zero-order valence-electron chi connectivity index (χ0n) is 14.1. The third kappa shape index (κ3) is 4.80. The summed E-state index contributed by atoms with van der Waals surface area (Å²) in [5.74, 6) is -0.406. The molecule has 1 N–H and O–H groups in total. The molecule has 2 rings (SSSR count). The van der Waals surface area contributed by atoms with E-state index in [1.54, 1.807) is 0 Å². The molecular weight excluding hydrogens is 300 g/mol. The van der Waals surface area contributed by atoms with Gasteiger partial charge in [0.05, 0.1) is 0 Å². The predicted molar refractivity (Wildman–Crippen MR) is 96.7 cm³/mol. The van der Waals surface area contributed by atoms with Crippen LogP contribution in [0.2, 0.25) is 0 Å². The van der Waals surface area contributed by atoms with Gasteiger partial charge in [0, 0.05) is 12.7 Å². The van der Waals surface area contributed by atoms with Crippen molar-refractivity contribution in [2.45, 2.75) is 32.8 Å². The van der Waals surface area contributed by atoms with Gasteiger partial charge in [0.25, 0.3) is 0 Å². The summed E-state index contributed by atoms with van der Waals surface area (Å²) in [5, 5.41) is 9.00. The quantitative estimate of drug-likeness (QED) is 0.588. The number of benzene rings is 2. The van der Waals surface area contributed by atoms with E-state index in [0.29, 0.717) is 6.42 Å². The third-order valence-electron chi connectivity index (χ3n) is 3.95. The van der Waals surface area contributed by atoms with Crippen LogP contribution in [0, 0.1) is 0 Å². The summed E-state index contributed by atoms with van der Waals surface area (Å²) in [5.41, 5.74) is 5.55. The maximum Gasteiger partial charge on any atom is 0.330 e. The minimum Gasteiger partial charge on any atom is -0.458 e. The first-order valence-corrected chi connectivity index (χ1v) is 8.29. The Hall–Kier alpha value is -2.39. The second kappa shape index (κ2) is 9.04. The van der Waals surface area contributed by atoms with Crippen molar-refractivity contribution in [3.05, 3.63) is 71.8 Å². The summed E-state index contributed by atoms with van der Waals surface area (Å²) in [6.07, 6.45) is 3.84. The Morgan fingerprint density at radius 1 is 1.08 bits per heavy atom. The van der Waals surface area contributed by atoms with E-state index in [9.17, 15) is 4.79 Å². The molecule has 0 unspecified atom stereocenters. The lowest BCUT2D eigenvalue weighted by Gasteiger charge is -2.12. The van der Waals surface area contributed by atoms with Crippen LogP contribution in [0.15, 0.2) is 55.1 Å². The number of carbonyl (C=O) groups is 1. The first kappa shape index (κ1) is 18.0. The van der Waals surface area contributed by atoms with Gasteiger partial charge in [-0.25, -0.2) is 4.79 Å². The van der Waals surface area contributed by atoms with Crippen LogP contribution in [-0.4, -0.2) is 17.7 Å². The van der Waals surface area contributed by atoms with Gasteiger partial charge in [-0.1, -0.05) is 56.3 Å². The molecular formula is C21H24O3. The molecule has 0 saturated heterocycles. The number of hydrogen-bond acceptors (Lipinski definition) is 3. The SMILES string of the molecule is C=CC(=O)OCc1cc(-c2ccc(CCO)cc2)ccc1CCC. The number of rotatable bonds is 8. The molecule has 0 heterocycles. The largest absolute Gasteiger partial charge is 0.458 e. The number of aryl methyl sites for hydroxylation is 1. The Kier molecular flexibility index (Phi) is 6.76. The number of esters is 1. The summed E-state index contributed by atoms with van der Waals surface area (Å²) in [6, 6.07) is 14.5. The highest BCUT2D eigenvalue weighted by Crippen LogP contribution is 2.24. The van der Waals surface area contributed by atoms with Crippen LogP contribution < -0.4 is 0 Å². The van der Waals surface area contributed by atoms with E-state index in [1.165, 1.54) is 11.6 Å². The molecule has 0 radical (unpaired) electrons. The van der Waals surface area contributed by atoms with Crippen LogP contribution >= 0.6 is 0 Å². The molecule has 24 heavy (non-hydrogen) atoms. The van der Waals surface area contributed by atoms with Crippen LogP contribution in [0.5, 0.6) is 0 Å². The van der Waals surface area contributed by atoms with Crippen LogP contribution in [0.1, 0.15) is 30.0 Å². The summed E-state index contributed by atoms with van der Waals surface area (Å²) >= 11 is 0. The van der Waals surface area contributed by atoms with E-state index < -0.39 is 5.97 Å². The van der Waals surface area contributed by atoms with Crippen molar-refractivity contribution in [1.82, 2.24) is 0 Å². The van der Waals surface area contributed by atoms with Crippen LogP contribution in [0.4, 0.5) is 0 Å². The zero-order chi connectivity index (χ0) is 17.4. The fourth-order valence-electron chi connectivity index (χ4n) is 2.65. The van der Waals surface area contributed by atoms with Gasteiger partial charge in [-0.2, -0.15) is 0 Å². The number of ether oxygens (including phenoxy) is 1. The van der Waals surface area contributed by atoms with Crippen molar-refractivity contribution in [3.63, 3.8) is 0 Å². The molecule has 0 aliphatic heterocycles. The van der Waals surface area contributed by atoms with E-state index in [-0.39, 0.29) is 13.2 Å². The van der Waals surface area contributed by atoms with Gasteiger partial charge in [-0.3, -0.25) is 0 Å². The molecule has 126 valence electrons. The highest BCUT2D eigenvalue weighted by atomic mass is 16.5. The fourth-order valence-corrected chi connectivity index (χ4v) is 2.65. The molecule has 0 bridgehead atoms. The molecule has 0 amide bonds. The second-order valence-corrected chi connectivity index (χ2v) is 5.72. The lowest BCUT2D eigenvalue weighted by Crippen LogP contribution is -2.03. The monoisotopic (exact) mass is 324 g/mol. The number of carbonyl (C=O) groups excluding carboxylic acids is 1. The highest BCUT2D eigenvalue weighted by Gasteiger charge is 2.07. The van der Waals surface area contributed by atoms with Crippen LogP contribution in [0.25, 0.3) is 11.1 Å². The van der Waals surface area contributed by atoms with Crippen molar-refractivity contribution >= 4 is 5.97 Å². The zero-order valence-corrected chi connectivity index (χ0v) is 14.1. The lowest BCUT2D eigenvalue weighted by molar-refractivity contribution is -0.138. The standard InChI is InChI=1S/C21H24O3/c1-3-5-17-10-11-19(14-20(17)15-24-21(23)4-2)18-8-6-16(7-9-18)12-13-22/h4,6-11,14,22H,2-3,5,12-13,15H2,1H3. The Morgan fingerprint density at radius 3 is 2.42 bits per heavy atom. The average Bonchev–Trinajstić information content (AvgIpc) is 2.61. The average molecular weight is 324 g/mol. The van der Waals surface area contributed by atoms with Crippen molar-refractivity contribution in [2.24, 2.45) is 0 Å². The summed E-state index contributed by atoms with van der Waals surface area (Å²) in [7, 11) is 0. The molecule has 3 heteroatoms. The second-order valence-electron chi connectivity index (χ2n) is 5.72. The maximum atomic E-state index is 11.3. The smallest absolute Gasteiger partial charge is 0.330 e. The van der Waals surface area contributed by atoms with Crippen molar-refractivity contribution in [3.8, 4) is 11.1 Å². The lowest BCUT2D eigenvalue weighted by atomic mass is 9.96. The molecule has 3 nitrogen and oxygen atoms in total. The van der Waals surface area contributed by atoms with Crippen LogP contribution in [-0.2, 0) is 29.0 Å². The van der Waals surface area contributed by atoms with Crippen LogP contribution in [0.3, 0.4) is 0 Å². The number of aliphatic hydroxyl groups excluding tert-OH is 1. The predicted octanol–water partition coefficient (Wildman–Crippen LogP) is 4.07. The van der Waals surface area contributed by atoms with E-state index >= 15 is 0 Å². The summed E-state index contributed by atoms with van der Waals surface area (Å²) in [4.78, 5) is 11.3. The van der Waals surface area contributed by atoms with Gasteiger partial charge in [0.1, 0.15) is 6.61 Å². The fraction of sp³-hybridized carbons (Fsp3) is 0.286. The molecule has 0 aliphatic rings. The Bertz CT molecular complexity index is 687. The molecule has 0 aromatic heterocycles. The number of aliphatic hydroxyl groups is 1. The molecule has 0 saturated carbocycles. The normalized spacial score (nSPS) is 10.4. The van der Waals surface area contributed by atoms with Crippen molar-refractivity contribution in [2.75, 3.05) is 6.61 Å². The third-order valence-corrected chi connectivity index (χ3v) is 3.95. The summed E-state index contributed by atoms with van der Waals surface area (Å²) < 4.78 is 5.22. The Balaban J connectivity index is 2.26. The summed E-state index contributed by atoms with van der Waals surface area (Å²) in [6.45, 7) is 5.98. The molecule has 0 fully saturated rings. The minimum atomic E-state index is -0.406. The molecule has 2 aromatic rings. The van der Waals surface area contributed by atoms with E-state index in [4.69, 9.17) is 9.84 Å². The maximum absolute atomic E-state index is 11.3. The molecule has 0 atom stereocenters. The van der Waals surface area contributed by atoms with Gasteiger partial charge < -0.3 is 9.84 Å². The number of hydrogen-bond donors (Lipinski definition) is 1. The minimum absolute atomic E-state index is 0.157. The van der Waals surface area contributed by atoms with Crippen molar-refractivity contribution < 1.29 is 14.6 Å². The Morgan fingerprint density at radius 2 is 1.79 bits per heavy atom. The van der Waals surface area contributed by atoms with Crippen molar-refractivity contribution in [1.29, 1.82) is 0 Å². The highest BCUT2D eigenvalue weighted by molar-refractivity contribution is 5.81. The van der Waals surface area contributed by atoms with E-state index in [0.717, 1.165) is 35.1 Å². The first-order chi connectivity index (χ1) is 11.7. The Labute approximate surface area is 143 Å². The van der Waals surface area contributed by atoms with Gasteiger partial charge in [0.15, 0.2) is 0 Å². The van der Waals surface area contributed by atoms with Gasteiger partial charge >= 0.3 is 5.97 Å². The van der Waals surface area contributed by atoms with Gasteiger partial charge in [-0.05, 0) is 46.7 Å². The topological polar surface area (TPSA) is 46.5 Å². The molecule has 2 aromatic carbocycles. The molecule has 0 aliphatic carbocycles. The first-order valence-electron chi connectivity index (χ1n) is 8.29. The van der Waals surface area contributed by atoms with Gasteiger partial charge in [-0.15, -0.1) is 0 Å². The van der Waals surface area contributed by atoms with E-state index in [2.05, 4.69) is 43.8 Å².